The van der Waals surface area contributed by atoms with E-state index < -0.39 is 4.92 Å². The molecule has 0 saturated heterocycles. The zero-order valence-corrected chi connectivity index (χ0v) is 14.4. The smallest absolute Gasteiger partial charge is 0.269 e. The predicted molar refractivity (Wildman–Crippen MR) is 94.1 cm³/mol. The molecule has 1 atom stereocenters. The largest absolute Gasteiger partial charge is 0.335 e. The summed E-state index contributed by atoms with van der Waals surface area (Å²) in [6, 6.07) is 13.7. The van der Waals surface area contributed by atoms with Gasteiger partial charge in [-0.25, -0.2) is 0 Å². The number of rotatable bonds is 5. The average molecular weight is 326 g/mol. The maximum absolute atomic E-state index is 12.7. The Kier molecular flexibility index (Phi) is 5.34. The van der Waals surface area contributed by atoms with Crippen LogP contribution in [0.15, 0.2) is 48.5 Å². The predicted octanol–water partition coefficient (Wildman–Crippen LogP) is 4.55. The second kappa shape index (κ2) is 7.25. The summed E-state index contributed by atoms with van der Waals surface area (Å²) >= 11 is 0. The van der Waals surface area contributed by atoms with E-state index >= 15 is 0 Å². The molecule has 0 aliphatic carbocycles. The van der Waals surface area contributed by atoms with Crippen molar-refractivity contribution in [3.8, 4) is 0 Å². The highest BCUT2D eigenvalue weighted by Gasteiger charge is 2.20. The van der Waals surface area contributed by atoms with E-state index in [1.165, 1.54) is 17.7 Å². The second-order valence-electron chi connectivity index (χ2n) is 6.22. The number of benzene rings is 2. The molecule has 0 saturated carbocycles. The first-order valence-electron chi connectivity index (χ1n) is 7.92. The Morgan fingerprint density at radius 1 is 1.04 bits per heavy atom. The molecule has 2 rings (SSSR count). The molecule has 0 heterocycles. The van der Waals surface area contributed by atoms with Gasteiger partial charge >= 0.3 is 0 Å². The summed E-state index contributed by atoms with van der Waals surface area (Å²) in [5, 5.41) is 10.9. The molecular weight excluding hydrogens is 304 g/mol. The Morgan fingerprint density at radius 2 is 1.67 bits per heavy atom. The van der Waals surface area contributed by atoms with E-state index in [2.05, 4.69) is 13.8 Å². The van der Waals surface area contributed by atoms with Gasteiger partial charge in [-0.2, -0.15) is 0 Å². The fourth-order valence-electron chi connectivity index (χ4n) is 2.51. The third-order valence-electron chi connectivity index (χ3n) is 4.29. The molecule has 1 amide bonds. The van der Waals surface area contributed by atoms with Gasteiger partial charge in [-0.05, 0) is 36.1 Å². The number of nitro groups is 1. The van der Waals surface area contributed by atoms with Crippen molar-refractivity contribution in [2.45, 2.75) is 32.7 Å². The lowest BCUT2D eigenvalue weighted by molar-refractivity contribution is -0.384. The van der Waals surface area contributed by atoms with Crippen LogP contribution in [-0.4, -0.2) is 22.8 Å². The van der Waals surface area contributed by atoms with Crippen molar-refractivity contribution in [3.63, 3.8) is 0 Å². The normalized spacial score (nSPS) is 12.0. The van der Waals surface area contributed by atoms with Crippen LogP contribution >= 0.6 is 0 Å². The van der Waals surface area contributed by atoms with E-state index in [-0.39, 0.29) is 17.6 Å². The molecule has 5 heteroatoms. The first-order valence-corrected chi connectivity index (χ1v) is 7.92. The maximum Gasteiger partial charge on any atom is 0.269 e. The summed E-state index contributed by atoms with van der Waals surface area (Å²) in [7, 11) is 1.71. The van der Waals surface area contributed by atoms with Gasteiger partial charge in [0.2, 0.25) is 0 Å². The Hall–Kier alpha value is -2.69. The van der Waals surface area contributed by atoms with Gasteiger partial charge in [-0.3, -0.25) is 14.9 Å². The van der Waals surface area contributed by atoms with E-state index in [9.17, 15) is 14.9 Å². The van der Waals surface area contributed by atoms with Crippen molar-refractivity contribution in [1.29, 1.82) is 0 Å². The minimum absolute atomic E-state index is 0.0292. The Labute approximate surface area is 142 Å². The number of non-ortho nitro benzene ring substituents is 1. The summed E-state index contributed by atoms with van der Waals surface area (Å²) in [5.41, 5.74) is 2.56. The Balaban J connectivity index is 2.20. The van der Waals surface area contributed by atoms with Gasteiger partial charge in [-0.15, -0.1) is 0 Å². The van der Waals surface area contributed by atoms with Crippen LogP contribution in [0.2, 0.25) is 0 Å². The molecule has 0 radical (unpaired) electrons. The number of hydrogen-bond acceptors (Lipinski definition) is 3. The summed E-state index contributed by atoms with van der Waals surface area (Å²) in [4.78, 5) is 24.7. The molecule has 126 valence electrons. The van der Waals surface area contributed by atoms with Gasteiger partial charge in [0.1, 0.15) is 0 Å². The SMILES string of the molecule is CC(C)c1ccc(C(=O)N(C)[C@H](C)c2cccc([N+](=O)[O-])c2)cc1. The van der Waals surface area contributed by atoms with Crippen LogP contribution < -0.4 is 0 Å². The van der Waals surface area contributed by atoms with Crippen molar-refractivity contribution in [1.82, 2.24) is 4.90 Å². The summed E-state index contributed by atoms with van der Waals surface area (Å²) < 4.78 is 0. The van der Waals surface area contributed by atoms with Crippen LogP contribution in [-0.2, 0) is 0 Å². The van der Waals surface area contributed by atoms with Crippen LogP contribution in [0.3, 0.4) is 0 Å². The summed E-state index contributed by atoms with van der Waals surface area (Å²) in [6.07, 6.45) is 0. The van der Waals surface area contributed by atoms with Crippen molar-refractivity contribution >= 4 is 11.6 Å². The Bertz CT molecular complexity index is 739. The van der Waals surface area contributed by atoms with E-state index in [0.29, 0.717) is 11.5 Å². The van der Waals surface area contributed by atoms with Crippen molar-refractivity contribution < 1.29 is 9.72 Å². The lowest BCUT2D eigenvalue weighted by atomic mass is 10.0. The maximum atomic E-state index is 12.7. The summed E-state index contributed by atoms with van der Waals surface area (Å²) in [5.74, 6) is 0.306. The van der Waals surface area contributed by atoms with E-state index in [1.807, 2.05) is 31.2 Å². The van der Waals surface area contributed by atoms with Gasteiger partial charge in [-0.1, -0.05) is 38.1 Å². The molecule has 0 aliphatic rings. The molecule has 0 aromatic heterocycles. The lowest BCUT2D eigenvalue weighted by Crippen LogP contribution is -2.29. The average Bonchev–Trinajstić information content (AvgIpc) is 2.60. The molecule has 0 N–H and O–H groups in total. The van der Waals surface area contributed by atoms with E-state index in [0.717, 1.165) is 5.56 Å². The second-order valence-corrected chi connectivity index (χ2v) is 6.22. The quantitative estimate of drug-likeness (QED) is 0.598. The van der Waals surface area contributed by atoms with Crippen LogP contribution in [0.4, 0.5) is 5.69 Å². The minimum atomic E-state index is -0.428. The van der Waals surface area contributed by atoms with Crippen LogP contribution in [0.1, 0.15) is 54.2 Å². The van der Waals surface area contributed by atoms with Crippen LogP contribution in [0, 0.1) is 10.1 Å². The molecule has 0 unspecified atom stereocenters. The highest BCUT2D eigenvalue weighted by atomic mass is 16.6. The number of nitrogens with zero attached hydrogens (tertiary/aromatic N) is 2. The molecular formula is C19H22N2O3. The first kappa shape index (κ1) is 17.7. The molecule has 2 aromatic carbocycles. The van der Waals surface area contributed by atoms with E-state index in [1.54, 1.807) is 24.1 Å². The molecule has 0 aliphatic heterocycles. The monoisotopic (exact) mass is 326 g/mol. The van der Waals surface area contributed by atoms with Gasteiger partial charge in [0.05, 0.1) is 11.0 Å². The molecule has 0 spiro atoms. The van der Waals surface area contributed by atoms with Crippen LogP contribution in [0.25, 0.3) is 0 Å². The minimum Gasteiger partial charge on any atom is -0.335 e. The molecule has 2 aromatic rings. The van der Waals surface area contributed by atoms with Gasteiger partial charge < -0.3 is 4.90 Å². The first-order chi connectivity index (χ1) is 11.3. The third kappa shape index (κ3) is 3.79. The highest BCUT2D eigenvalue weighted by Crippen LogP contribution is 2.24. The van der Waals surface area contributed by atoms with E-state index in [4.69, 9.17) is 0 Å². The number of amides is 1. The van der Waals surface area contributed by atoms with Crippen molar-refractivity contribution in [3.05, 3.63) is 75.3 Å². The molecule has 0 bridgehead atoms. The lowest BCUT2D eigenvalue weighted by Gasteiger charge is -2.25. The number of nitro benzene ring substituents is 1. The van der Waals surface area contributed by atoms with Crippen molar-refractivity contribution in [2.75, 3.05) is 7.05 Å². The molecule has 5 nitrogen and oxygen atoms in total. The van der Waals surface area contributed by atoms with Gasteiger partial charge in [0.25, 0.3) is 11.6 Å². The van der Waals surface area contributed by atoms with Crippen LogP contribution in [0.5, 0.6) is 0 Å². The topological polar surface area (TPSA) is 63.5 Å². The molecule has 0 fully saturated rings. The number of carbonyl (C=O) groups excluding carboxylic acids is 1. The zero-order chi connectivity index (χ0) is 17.9. The molecule has 24 heavy (non-hydrogen) atoms. The van der Waals surface area contributed by atoms with Gasteiger partial charge in [0.15, 0.2) is 0 Å². The highest BCUT2D eigenvalue weighted by molar-refractivity contribution is 5.94. The third-order valence-corrected chi connectivity index (χ3v) is 4.29. The fourth-order valence-corrected chi connectivity index (χ4v) is 2.51. The van der Waals surface area contributed by atoms with Gasteiger partial charge in [0, 0.05) is 24.7 Å². The van der Waals surface area contributed by atoms with Crippen molar-refractivity contribution in [2.24, 2.45) is 0 Å². The Morgan fingerprint density at radius 3 is 2.21 bits per heavy atom. The zero-order valence-electron chi connectivity index (χ0n) is 14.4. The number of carbonyl (C=O) groups is 1. The fraction of sp³-hybridized carbons (Fsp3) is 0.316. The summed E-state index contributed by atoms with van der Waals surface area (Å²) in [6.45, 7) is 6.07. The standard InChI is InChI=1S/C19H22N2O3/c1-13(2)15-8-10-16(11-9-15)19(22)20(4)14(3)17-6-5-7-18(12-17)21(23)24/h5-14H,1-4H3/t14-/m1/s1. The number of hydrogen-bond donors (Lipinski definition) is 0.